The Balaban J connectivity index is 3.30. The lowest BCUT2D eigenvalue weighted by Crippen LogP contribution is -2.15. The quantitative estimate of drug-likeness (QED) is 0.566. The summed E-state index contributed by atoms with van der Waals surface area (Å²) in [6, 6.07) is 4.12. The van der Waals surface area contributed by atoms with Gasteiger partial charge in [-0.3, -0.25) is 0 Å². The van der Waals surface area contributed by atoms with Crippen LogP contribution in [0.5, 0.6) is 5.75 Å². The zero-order valence-corrected chi connectivity index (χ0v) is 8.87. The molecule has 1 aromatic carbocycles. The Kier molecular flexibility index (Phi) is 3.22. The van der Waals surface area contributed by atoms with Gasteiger partial charge >= 0.3 is 0 Å². The Morgan fingerprint density at radius 2 is 2.13 bits per heavy atom. The Bertz CT molecular complexity index is 409. The Morgan fingerprint density at radius 1 is 1.47 bits per heavy atom. The molecule has 0 aromatic heterocycles. The van der Waals surface area contributed by atoms with Crippen molar-refractivity contribution in [3.05, 3.63) is 29.6 Å². The number of methoxy groups -OCH3 is 1. The van der Waals surface area contributed by atoms with Crippen molar-refractivity contribution < 1.29 is 13.9 Å². The summed E-state index contributed by atoms with van der Waals surface area (Å²) in [6.07, 6.45) is 1.50. The van der Waals surface area contributed by atoms with E-state index >= 15 is 0 Å². The second-order valence-corrected chi connectivity index (χ2v) is 3.61. The first-order chi connectivity index (χ1) is 7.01. The summed E-state index contributed by atoms with van der Waals surface area (Å²) in [7, 11) is 1.44. The van der Waals surface area contributed by atoms with Crippen LogP contribution in [0, 0.1) is 5.82 Å². The van der Waals surface area contributed by atoms with Crippen molar-refractivity contribution >= 4 is 6.08 Å². The number of carbonyl (C=O) groups excluding carboxylic acids is 1. The summed E-state index contributed by atoms with van der Waals surface area (Å²) < 4.78 is 17.9. The maximum Gasteiger partial charge on any atom is 0.235 e. The molecule has 1 aromatic rings. The number of hydrogen-bond acceptors (Lipinski definition) is 3. The summed E-state index contributed by atoms with van der Waals surface area (Å²) >= 11 is 0. The van der Waals surface area contributed by atoms with Gasteiger partial charge in [0.05, 0.1) is 12.6 Å². The van der Waals surface area contributed by atoms with E-state index in [1.54, 1.807) is 19.9 Å². The van der Waals surface area contributed by atoms with Gasteiger partial charge in [0, 0.05) is 11.6 Å². The number of rotatable bonds is 3. The number of halogens is 1. The largest absolute Gasteiger partial charge is 0.496 e. The molecule has 0 aliphatic rings. The predicted octanol–water partition coefficient (Wildman–Crippen LogP) is 2.41. The average molecular weight is 209 g/mol. The molecule has 0 saturated carbocycles. The highest BCUT2D eigenvalue weighted by Gasteiger charge is 2.23. The average Bonchev–Trinajstić information content (AvgIpc) is 2.17. The molecule has 0 heterocycles. The van der Waals surface area contributed by atoms with E-state index < -0.39 is 5.54 Å². The maximum atomic E-state index is 12.9. The fourth-order valence-electron chi connectivity index (χ4n) is 1.34. The van der Waals surface area contributed by atoms with Crippen LogP contribution in [0.3, 0.4) is 0 Å². The first-order valence-corrected chi connectivity index (χ1v) is 4.44. The molecule has 15 heavy (non-hydrogen) atoms. The van der Waals surface area contributed by atoms with Crippen molar-refractivity contribution in [2.75, 3.05) is 7.11 Å². The van der Waals surface area contributed by atoms with E-state index in [4.69, 9.17) is 4.74 Å². The second kappa shape index (κ2) is 4.24. The lowest BCUT2D eigenvalue weighted by molar-refractivity contribution is 0.391. The summed E-state index contributed by atoms with van der Waals surface area (Å²) in [5.41, 5.74) is -0.115. The molecular formula is C11H12FNO2. The lowest BCUT2D eigenvalue weighted by Gasteiger charge is -2.20. The van der Waals surface area contributed by atoms with Gasteiger partial charge in [0.15, 0.2) is 0 Å². The van der Waals surface area contributed by atoms with E-state index in [2.05, 4.69) is 4.99 Å². The lowest BCUT2D eigenvalue weighted by atomic mass is 9.94. The Labute approximate surface area is 87.6 Å². The van der Waals surface area contributed by atoms with Gasteiger partial charge in [-0.15, -0.1) is 0 Å². The van der Waals surface area contributed by atoms with E-state index in [9.17, 15) is 9.18 Å². The van der Waals surface area contributed by atoms with E-state index in [1.165, 1.54) is 25.3 Å². The third-order valence-electron chi connectivity index (χ3n) is 2.15. The number of aliphatic imine (C=N–C) groups is 1. The standard InChI is InChI=1S/C11H12FNO2/c1-11(2,13-7-14)9-5-4-8(12)6-10(9)15-3/h4-6H,1-3H3. The topological polar surface area (TPSA) is 38.7 Å². The van der Waals surface area contributed by atoms with Crippen LogP contribution in [-0.4, -0.2) is 13.2 Å². The predicted molar refractivity (Wildman–Crippen MR) is 54.1 cm³/mol. The Morgan fingerprint density at radius 3 is 2.67 bits per heavy atom. The first kappa shape index (κ1) is 11.4. The summed E-state index contributed by atoms with van der Waals surface area (Å²) in [4.78, 5) is 13.9. The van der Waals surface area contributed by atoms with Crippen molar-refractivity contribution in [1.29, 1.82) is 0 Å². The van der Waals surface area contributed by atoms with E-state index in [0.29, 0.717) is 11.3 Å². The second-order valence-electron chi connectivity index (χ2n) is 3.61. The minimum Gasteiger partial charge on any atom is -0.496 e. The summed E-state index contributed by atoms with van der Waals surface area (Å²) in [6.45, 7) is 3.46. The van der Waals surface area contributed by atoms with Crippen LogP contribution in [-0.2, 0) is 10.3 Å². The van der Waals surface area contributed by atoms with Gasteiger partial charge in [0.25, 0.3) is 0 Å². The minimum absolute atomic E-state index is 0.374. The molecule has 0 radical (unpaired) electrons. The van der Waals surface area contributed by atoms with Gasteiger partial charge in [0.1, 0.15) is 11.6 Å². The van der Waals surface area contributed by atoms with Crippen molar-refractivity contribution in [3.63, 3.8) is 0 Å². The molecule has 0 fully saturated rings. The molecular weight excluding hydrogens is 197 g/mol. The van der Waals surface area contributed by atoms with Crippen LogP contribution in [0.25, 0.3) is 0 Å². The van der Waals surface area contributed by atoms with Crippen molar-refractivity contribution in [2.45, 2.75) is 19.4 Å². The smallest absolute Gasteiger partial charge is 0.235 e. The van der Waals surface area contributed by atoms with Gasteiger partial charge < -0.3 is 4.74 Å². The zero-order valence-electron chi connectivity index (χ0n) is 8.87. The summed E-state index contributed by atoms with van der Waals surface area (Å²) in [5.74, 6) is -0.0134. The van der Waals surface area contributed by atoms with Gasteiger partial charge in [-0.05, 0) is 26.0 Å². The summed E-state index contributed by atoms with van der Waals surface area (Å²) in [5, 5.41) is 0. The highest BCUT2D eigenvalue weighted by molar-refractivity contribution is 5.43. The minimum atomic E-state index is -0.763. The van der Waals surface area contributed by atoms with Crippen LogP contribution < -0.4 is 4.74 Å². The molecule has 0 spiro atoms. The number of isocyanates is 1. The SMILES string of the molecule is COc1cc(F)ccc1C(C)(C)N=C=O. The normalized spacial score (nSPS) is 10.7. The van der Waals surface area contributed by atoms with Crippen molar-refractivity contribution in [2.24, 2.45) is 4.99 Å². The van der Waals surface area contributed by atoms with Crippen LogP contribution >= 0.6 is 0 Å². The number of benzene rings is 1. The van der Waals surface area contributed by atoms with Crippen LogP contribution in [0.15, 0.2) is 23.2 Å². The molecule has 3 nitrogen and oxygen atoms in total. The molecule has 80 valence electrons. The monoisotopic (exact) mass is 209 g/mol. The molecule has 0 bridgehead atoms. The fourth-order valence-corrected chi connectivity index (χ4v) is 1.34. The maximum absolute atomic E-state index is 12.9. The van der Waals surface area contributed by atoms with Gasteiger partial charge in [-0.1, -0.05) is 0 Å². The zero-order chi connectivity index (χ0) is 11.5. The van der Waals surface area contributed by atoms with Crippen LogP contribution in [0.4, 0.5) is 4.39 Å². The molecule has 0 N–H and O–H groups in total. The van der Waals surface area contributed by atoms with E-state index in [1.807, 2.05) is 0 Å². The highest BCUT2D eigenvalue weighted by atomic mass is 19.1. The van der Waals surface area contributed by atoms with Gasteiger partial charge in [-0.25, -0.2) is 9.18 Å². The van der Waals surface area contributed by atoms with Gasteiger partial charge in [-0.2, -0.15) is 4.99 Å². The molecule has 0 aliphatic carbocycles. The van der Waals surface area contributed by atoms with Crippen molar-refractivity contribution in [3.8, 4) is 5.75 Å². The first-order valence-electron chi connectivity index (χ1n) is 4.44. The van der Waals surface area contributed by atoms with Gasteiger partial charge in [0.2, 0.25) is 6.08 Å². The molecule has 1 rings (SSSR count). The molecule has 0 saturated heterocycles. The van der Waals surface area contributed by atoms with Crippen LogP contribution in [0.1, 0.15) is 19.4 Å². The number of ether oxygens (including phenoxy) is 1. The molecule has 0 aliphatic heterocycles. The Hall–Kier alpha value is -1.67. The highest BCUT2D eigenvalue weighted by Crippen LogP contribution is 2.32. The van der Waals surface area contributed by atoms with Crippen molar-refractivity contribution in [1.82, 2.24) is 0 Å². The molecule has 0 amide bonds. The van der Waals surface area contributed by atoms with Crippen LogP contribution in [0.2, 0.25) is 0 Å². The number of hydrogen-bond donors (Lipinski definition) is 0. The molecule has 0 atom stereocenters. The molecule has 0 unspecified atom stereocenters. The fraction of sp³-hybridized carbons (Fsp3) is 0.364. The third kappa shape index (κ3) is 2.42. The molecule has 4 heteroatoms. The van der Waals surface area contributed by atoms with E-state index in [0.717, 1.165) is 0 Å². The third-order valence-corrected chi connectivity index (χ3v) is 2.15. The van der Waals surface area contributed by atoms with E-state index in [-0.39, 0.29) is 5.82 Å². The number of nitrogens with zero attached hydrogens (tertiary/aromatic N) is 1.